The maximum Gasteiger partial charge on any atom is 0.352 e. The number of aromatic nitrogens is 3. The number of imidazole rings is 1. The van der Waals surface area contributed by atoms with Crippen molar-refractivity contribution >= 4 is 39.4 Å². The van der Waals surface area contributed by atoms with Gasteiger partial charge in [-0.05, 0) is 27.1 Å². The van der Waals surface area contributed by atoms with Crippen molar-refractivity contribution in [2.75, 3.05) is 20.6 Å². The molecule has 2 aliphatic rings. The van der Waals surface area contributed by atoms with Crippen LogP contribution in [0, 0.1) is 11.8 Å². The first kappa shape index (κ1) is 24.3. The molecule has 0 unspecified atom stereocenters. The largest absolute Gasteiger partial charge is 0.477 e. The van der Waals surface area contributed by atoms with Crippen LogP contribution in [0.15, 0.2) is 42.7 Å². The van der Waals surface area contributed by atoms with Gasteiger partial charge in [-0.25, -0.2) is 14.3 Å². The number of carboxylic acids is 1. The first-order valence-electron chi connectivity index (χ1n) is 11.7. The number of aliphatic carboxylic acids is 1. The zero-order chi connectivity index (χ0) is 25.9. The summed E-state index contributed by atoms with van der Waals surface area (Å²) >= 11 is 1.28. The number of pyridine rings is 1. The number of carbonyl (C=O) groups excluding carboxylic acids is 2. The highest BCUT2D eigenvalue weighted by atomic mass is 32.1. The summed E-state index contributed by atoms with van der Waals surface area (Å²) < 4.78 is 3.68. The molecular weight excluding hydrogens is 482 g/mol. The summed E-state index contributed by atoms with van der Waals surface area (Å²) in [4.78, 5) is 47.2. The summed E-state index contributed by atoms with van der Waals surface area (Å²) in [6.45, 7) is 5.00. The molecule has 0 aromatic carbocycles. The van der Waals surface area contributed by atoms with E-state index in [-0.39, 0.29) is 23.3 Å². The van der Waals surface area contributed by atoms with Gasteiger partial charge in [0, 0.05) is 23.8 Å². The van der Waals surface area contributed by atoms with Crippen LogP contribution in [0.4, 0.5) is 0 Å². The van der Waals surface area contributed by atoms with Crippen molar-refractivity contribution in [1.29, 1.82) is 0 Å². The molecule has 36 heavy (non-hydrogen) atoms. The monoisotopic (exact) mass is 510 g/mol. The number of hydrogen-bond donors (Lipinski definition) is 2. The highest BCUT2D eigenvalue weighted by molar-refractivity contribution is 7.18. The van der Waals surface area contributed by atoms with Crippen molar-refractivity contribution in [3.8, 4) is 0 Å². The Balaban J connectivity index is 1.51. The fourth-order valence-corrected chi connectivity index (χ4v) is 6.44. The number of nitrogens with zero attached hydrogens (tertiary/aromatic N) is 5. The standard InChI is InChI=1S/C25H27N5O5S/c1-13-17(21(25(34)35)30-20(13)18(14(2)31)23(30)33)16-11-29-12-26-19(24(29)36-16)22(32)15-6-5-7-28(10-15)9-8-27(3)4/h5-7,10-14,18,20,31H,8-9H2,1-4H3/p+1/t13-,14+,18+,20+/m0/s1. The predicted octanol–water partition coefficient (Wildman–Crippen LogP) is 1.13. The Bertz CT molecular complexity index is 1420. The molecule has 11 heteroatoms. The van der Waals surface area contributed by atoms with E-state index in [4.69, 9.17) is 0 Å². The topological polar surface area (TPSA) is 119 Å². The Morgan fingerprint density at radius 2 is 2.08 bits per heavy atom. The van der Waals surface area contributed by atoms with Gasteiger partial charge >= 0.3 is 5.97 Å². The molecule has 188 valence electrons. The summed E-state index contributed by atoms with van der Waals surface area (Å²) in [6.07, 6.45) is 6.16. The van der Waals surface area contributed by atoms with E-state index in [0.29, 0.717) is 26.5 Å². The average molecular weight is 511 g/mol. The number of carboxylic acid groups (broad SMARTS) is 1. The Hall–Kier alpha value is -3.41. The number of rotatable bonds is 8. The van der Waals surface area contributed by atoms with E-state index in [9.17, 15) is 24.6 Å². The molecule has 3 aromatic rings. The highest BCUT2D eigenvalue weighted by Gasteiger charge is 2.60. The van der Waals surface area contributed by atoms with E-state index in [1.165, 1.54) is 16.2 Å². The average Bonchev–Trinajstić information content (AvgIpc) is 3.47. The van der Waals surface area contributed by atoms with Crippen molar-refractivity contribution in [2.24, 2.45) is 11.8 Å². The molecule has 10 nitrogen and oxygen atoms in total. The van der Waals surface area contributed by atoms with Crippen LogP contribution in [0.25, 0.3) is 10.4 Å². The Labute approximate surface area is 211 Å². The van der Waals surface area contributed by atoms with Crippen LogP contribution in [-0.2, 0) is 16.1 Å². The van der Waals surface area contributed by atoms with Crippen LogP contribution in [0.1, 0.15) is 34.8 Å². The quantitative estimate of drug-likeness (QED) is 0.265. The summed E-state index contributed by atoms with van der Waals surface area (Å²) in [5, 5.41) is 20.1. The zero-order valence-electron chi connectivity index (χ0n) is 20.5. The zero-order valence-corrected chi connectivity index (χ0v) is 21.3. The molecule has 0 saturated carbocycles. The Kier molecular flexibility index (Phi) is 6.01. The van der Waals surface area contributed by atoms with Gasteiger partial charge < -0.3 is 20.0 Å². The van der Waals surface area contributed by atoms with Crippen LogP contribution in [0.2, 0.25) is 0 Å². The van der Waals surface area contributed by atoms with Gasteiger partial charge in [0.1, 0.15) is 22.5 Å². The number of aliphatic hydroxyl groups is 1. The third kappa shape index (κ3) is 3.74. The summed E-state index contributed by atoms with van der Waals surface area (Å²) in [5.41, 5.74) is 1.30. The molecule has 0 spiro atoms. The van der Waals surface area contributed by atoms with Crippen molar-refractivity contribution in [3.05, 3.63) is 58.9 Å². The van der Waals surface area contributed by atoms with Gasteiger partial charge in [0.15, 0.2) is 18.9 Å². The lowest BCUT2D eigenvalue weighted by atomic mass is 9.77. The van der Waals surface area contributed by atoms with E-state index in [1.807, 2.05) is 44.0 Å². The van der Waals surface area contributed by atoms with Crippen LogP contribution in [-0.4, -0.2) is 79.8 Å². The van der Waals surface area contributed by atoms with E-state index in [0.717, 1.165) is 13.1 Å². The number of likely N-dealkylation sites (N-methyl/N-ethyl adjacent to an activating group) is 1. The van der Waals surface area contributed by atoms with Crippen LogP contribution in [0.5, 0.6) is 0 Å². The molecule has 1 amide bonds. The van der Waals surface area contributed by atoms with Crippen molar-refractivity contribution in [2.45, 2.75) is 32.5 Å². The van der Waals surface area contributed by atoms with Gasteiger partial charge in [0.05, 0.1) is 35.0 Å². The lowest BCUT2D eigenvalue weighted by molar-refractivity contribution is -0.696. The number of amides is 1. The molecule has 1 saturated heterocycles. The fourth-order valence-electron chi connectivity index (χ4n) is 5.22. The molecule has 5 rings (SSSR count). The number of aliphatic hydroxyl groups excluding tert-OH is 1. The number of carbonyl (C=O) groups is 3. The normalized spacial score (nSPS) is 22.3. The fraction of sp³-hybridized carbons (Fsp3) is 0.400. The minimum atomic E-state index is -1.18. The number of ketones is 1. The second-order valence-electron chi connectivity index (χ2n) is 9.69. The Morgan fingerprint density at radius 3 is 2.75 bits per heavy atom. The van der Waals surface area contributed by atoms with E-state index in [1.54, 1.807) is 29.9 Å². The van der Waals surface area contributed by atoms with E-state index < -0.39 is 24.0 Å². The van der Waals surface area contributed by atoms with Gasteiger partial charge in [-0.3, -0.25) is 14.0 Å². The number of fused-ring (bicyclic) bond motifs is 2. The van der Waals surface area contributed by atoms with Gasteiger partial charge in [0.2, 0.25) is 11.7 Å². The molecule has 0 aliphatic carbocycles. The molecule has 0 radical (unpaired) electrons. The van der Waals surface area contributed by atoms with E-state index >= 15 is 0 Å². The Morgan fingerprint density at radius 1 is 1.33 bits per heavy atom. The minimum Gasteiger partial charge on any atom is -0.477 e. The molecule has 1 fully saturated rings. The second-order valence-corrected chi connectivity index (χ2v) is 10.7. The maximum absolute atomic E-state index is 13.4. The van der Waals surface area contributed by atoms with Gasteiger partial charge in [0.25, 0.3) is 0 Å². The van der Waals surface area contributed by atoms with Gasteiger partial charge in [-0.15, -0.1) is 11.3 Å². The molecule has 2 N–H and O–H groups in total. The smallest absolute Gasteiger partial charge is 0.352 e. The lowest BCUT2D eigenvalue weighted by Gasteiger charge is -2.46. The maximum atomic E-state index is 13.4. The molecule has 0 bridgehead atoms. The number of hydrogen-bond acceptors (Lipinski definition) is 7. The SMILES string of the molecule is C[C@@H](O)[C@H]1C(=O)N2C(C(=O)O)=C(c3cn4cnc(C(=O)c5ccc[n+](CCN(C)C)c5)c4s3)[C@H](C)[C@H]12. The van der Waals surface area contributed by atoms with Gasteiger partial charge in [-0.1, -0.05) is 6.92 Å². The molecular formula is C25H28N5O5S+. The highest BCUT2D eigenvalue weighted by Crippen LogP contribution is 2.51. The third-order valence-electron chi connectivity index (χ3n) is 6.99. The molecule has 2 aliphatic heterocycles. The molecule has 3 aromatic heterocycles. The van der Waals surface area contributed by atoms with Gasteiger partial charge in [-0.2, -0.15) is 0 Å². The van der Waals surface area contributed by atoms with E-state index in [2.05, 4.69) is 9.88 Å². The van der Waals surface area contributed by atoms with Crippen molar-refractivity contribution < 1.29 is 29.2 Å². The van der Waals surface area contributed by atoms with Crippen LogP contribution < -0.4 is 4.57 Å². The number of thiazole rings is 1. The molecule has 5 heterocycles. The predicted molar refractivity (Wildman–Crippen MR) is 131 cm³/mol. The summed E-state index contributed by atoms with van der Waals surface area (Å²) in [6, 6.07) is 3.19. The first-order valence-corrected chi connectivity index (χ1v) is 12.6. The third-order valence-corrected chi connectivity index (χ3v) is 8.14. The van der Waals surface area contributed by atoms with Crippen molar-refractivity contribution in [3.63, 3.8) is 0 Å². The second kappa shape index (κ2) is 8.91. The lowest BCUT2D eigenvalue weighted by Crippen LogP contribution is -2.63. The van der Waals surface area contributed by atoms with Crippen molar-refractivity contribution in [1.82, 2.24) is 19.2 Å². The summed E-state index contributed by atoms with van der Waals surface area (Å²) in [5.74, 6) is -2.69. The number of β-lactam (4-membered cyclic amide) rings is 1. The van der Waals surface area contributed by atoms with Crippen LogP contribution >= 0.6 is 11.3 Å². The summed E-state index contributed by atoms with van der Waals surface area (Å²) in [7, 11) is 3.98. The minimum absolute atomic E-state index is 0.0512. The molecule has 4 atom stereocenters. The first-order chi connectivity index (χ1) is 17.1. The van der Waals surface area contributed by atoms with Crippen LogP contribution in [0.3, 0.4) is 0 Å².